The van der Waals surface area contributed by atoms with Crippen LogP contribution in [-0.4, -0.2) is 10.5 Å². The third kappa shape index (κ3) is 12.2. The van der Waals surface area contributed by atoms with Crippen LogP contribution in [0.3, 0.4) is 0 Å². The Balaban J connectivity index is 0.000000240. The molecule has 2 rings (SSSR count). The summed E-state index contributed by atoms with van der Waals surface area (Å²) in [4.78, 5) is 2.68. The van der Waals surface area contributed by atoms with Gasteiger partial charge < -0.3 is 0 Å². The molecule has 0 bridgehead atoms. The van der Waals surface area contributed by atoms with Crippen LogP contribution < -0.4 is 0 Å². The summed E-state index contributed by atoms with van der Waals surface area (Å²) in [6.45, 7) is 11.2. The molecule has 0 atom stereocenters. The summed E-state index contributed by atoms with van der Waals surface area (Å²) in [6, 6.07) is 21.0. The fourth-order valence-electron chi connectivity index (χ4n) is 1.36. The van der Waals surface area contributed by atoms with E-state index in [1.807, 2.05) is 49.2 Å². The van der Waals surface area contributed by atoms with Crippen LogP contribution in [-0.2, 0) is 0 Å². The SMILES string of the molecule is CC(C)(C)SSc1ccccc1.CC(C)CSSc1ccccc1. The molecule has 0 saturated carbocycles. The minimum Gasteiger partial charge on any atom is -0.0887 e. The van der Waals surface area contributed by atoms with E-state index >= 15 is 0 Å². The van der Waals surface area contributed by atoms with E-state index in [0.29, 0.717) is 4.75 Å². The highest BCUT2D eigenvalue weighted by Crippen LogP contribution is 2.39. The number of rotatable bonds is 6. The second-order valence-corrected chi connectivity index (χ2v) is 12.1. The first-order chi connectivity index (χ1) is 11.4. The van der Waals surface area contributed by atoms with Crippen molar-refractivity contribution in [2.75, 3.05) is 5.75 Å². The van der Waals surface area contributed by atoms with Crippen molar-refractivity contribution < 1.29 is 0 Å². The summed E-state index contributed by atoms with van der Waals surface area (Å²) in [5.41, 5.74) is 0. The van der Waals surface area contributed by atoms with E-state index in [1.165, 1.54) is 15.5 Å². The van der Waals surface area contributed by atoms with Gasteiger partial charge in [-0.05, 0) is 30.2 Å². The molecule has 0 heterocycles. The summed E-state index contributed by atoms with van der Waals surface area (Å²) in [6.07, 6.45) is 0. The van der Waals surface area contributed by atoms with E-state index in [9.17, 15) is 0 Å². The lowest BCUT2D eigenvalue weighted by Crippen LogP contribution is -2.04. The van der Waals surface area contributed by atoms with Crippen LogP contribution in [0.2, 0.25) is 0 Å². The molecule has 0 spiro atoms. The summed E-state index contributed by atoms with van der Waals surface area (Å²) < 4.78 is 0.334. The van der Waals surface area contributed by atoms with Gasteiger partial charge in [0.15, 0.2) is 0 Å². The van der Waals surface area contributed by atoms with E-state index in [-0.39, 0.29) is 0 Å². The summed E-state index contributed by atoms with van der Waals surface area (Å²) in [5.74, 6) is 2.01. The van der Waals surface area contributed by atoms with Gasteiger partial charge >= 0.3 is 0 Å². The van der Waals surface area contributed by atoms with Crippen molar-refractivity contribution >= 4 is 43.2 Å². The highest BCUT2D eigenvalue weighted by Gasteiger charge is 2.10. The Hall–Kier alpha value is -0.160. The predicted molar refractivity (Wildman–Crippen MR) is 119 cm³/mol. The van der Waals surface area contributed by atoms with Crippen molar-refractivity contribution in [1.82, 2.24) is 0 Å². The number of hydrogen-bond donors (Lipinski definition) is 0. The third-order valence-electron chi connectivity index (χ3n) is 2.43. The molecule has 0 amide bonds. The molecule has 0 aromatic heterocycles. The molecular weight excluding hydrogens is 368 g/mol. The standard InChI is InChI=1S/2C10H14S2/c1-10(2,3)12-11-9-7-5-4-6-8-9;1-9(2)8-11-12-10-6-4-3-5-7-10/h4-8H,1-3H3;3-7,9H,8H2,1-2H3. The van der Waals surface area contributed by atoms with Gasteiger partial charge in [-0.1, -0.05) is 114 Å². The van der Waals surface area contributed by atoms with Crippen molar-refractivity contribution in [3.05, 3.63) is 60.7 Å². The quantitative estimate of drug-likeness (QED) is 0.450. The predicted octanol–water partition coefficient (Wildman–Crippen LogP) is 8.31. The second kappa shape index (κ2) is 12.2. The van der Waals surface area contributed by atoms with Gasteiger partial charge in [-0.25, -0.2) is 0 Å². The van der Waals surface area contributed by atoms with Crippen molar-refractivity contribution in [3.63, 3.8) is 0 Å². The number of hydrogen-bond acceptors (Lipinski definition) is 4. The molecule has 0 radical (unpaired) electrons. The topological polar surface area (TPSA) is 0 Å². The van der Waals surface area contributed by atoms with Crippen LogP contribution in [0.1, 0.15) is 34.6 Å². The zero-order valence-electron chi connectivity index (χ0n) is 15.2. The van der Waals surface area contributed by atoms with Crippen LogP contribution in [0.25, 0.3) is 0 Å². The fourth-order valence-corrected chi connectivity index (χ4v) is 5.86. The highest BCUT2D eigenvalue weighted by atomic mass is 33.1. The van der Waals surface area contributed by atoms with E-state index in [2.05, 4.69) is 89.2 Å². The van der Waals surface area contributed by atoms with Crippen LogP contribution >= 0.6 is 43.2 Å². The molecule has 0 aliphatic carbocycles. The zero-order valence-corrected chi connectivity index (χ0v) is 18.5. The van der Waals surface area contributed by atoms with Gasteiger partial charge in [-0.2, -0.15) is 0 Å². The molecule has 132 valence electrons. The Morgan fingerprint density at radius 2 is 1.21 bits per heavy atom. The molecule has 2 aromatic carbocycles. The average molecular weight is 397 g/mol. The third-order valence-corrected chi connectivity index (χ3v) is 8.53. The lowest BCUT2D eigenvalue weighted by Gasteiger charge is -2.15. The van der Waals surface area contributed by atoms with E-state index in [0.717, 1.165) is 5.92 Å². The van der Waals surface area contributed by atoms with Crippen LogP contribution in [0.5, 0.6) is 0 Å². The Bertz CT molecular complexity index is 533. The van der Waals surface area contributed by atoms with Crippen LogP contribution in [0.4, 0.5) is 0 Å². The maximum atomic E-state index is 2.25. The molecule has 0 unspecified atom stereocenters. The second-order valence-electron chi connectivity index (χ2n) is 6.67. The van der Waals surface area contributed by atoms with Crippen molar-refractivity contribution in [3.8, 4) is 0 Å². The molecule has 0 nitrogen and oxygen atoms in total. The Kier molecular flexibility index (Phi) is 11.2. The molecule has 0 saturated heterocycles. The van der Waals surface area contributed by atoms with Crippen LogP contribution in [0, 0.1) is 5.92 Å². The fraction of sp³-hybridized carbons (Fsp3) is 0.400. The Labute approximate surface area is 164 Å². The first-order valence-electron chi connectivity index (χ1n) is 8.12. The van der Waals surface area contributed by atoms with Gasteiger partial charge in [0.05, 0.1) is 0 Å². The number of benzene rings is 2. The molecule has 2 aromatic rings. The Morgan fingerprint density at radius 3 is 1.62 bits per heavy atom. The van der Waals surface area contributed by atoms with Gasteiger partial charge in [0.2, 0.25) is 0 Å². The van der Waals surface area contributed by atoms with Crippen molar-refractivity contribution in [1.29, 1.82) is 0 Å². The monoisotopic (exact) mass is 396 g/mol. The Morgan fingerprint density at radius 1 is 0.750 bits per heavy atom. The van der Waals surface area contributed by atoms with Gasteiger partial charge in [0, 0.05) is 20.3 Å². The maximum absolute atomic E-state index is 2.25. The minimum atomic E-state index is 0.334. The molecule has 0 aliphatic heterocycles. The van der Waals surface area contributed by atoms with Gasteiger partial charge in [-0.3, -0.25) is 0 Å². The molecular formula is C20H28S4. The first-order valence-corrected chi connectivity index (χ1v) is 12.6. The largest absolute Gasteiger partial charge is 0.0887 e. The van der Waals surface area contributed by atoms with Gasteiger partial charge in [0.25, 0.3) is 0 Å². The van der Waals surface area contributed by atoms with Crippen molar-refractivity contribution in [2.24, 2.45) is 5.92 Å². The van der Waals surface area contributed by atoms with Gasteiger partial charge in [0.1, 0.15) is 0 Å². The molecule has 24 heavy (non-hydrogen) atoms. The molecule has 0 N–H and O–H groups in total. The summed E-state index contributed by atoms with van der Waals surface area (Å²) >= 11 is 0. The summed E-state index contributed by atoms with van der Waals surface area (Å²) in [7, 11) is 7.54. The first kappa shape index (κ1) is 21.9. The van der Waals surface area contributed by atoms with Gasteiger partial charge in [-0.15, -0.1) is 0 Å². The van der Waals surface area contributed by atoms with Crippen molar-refractivity contribution in [2.45, 2.75) is 49.2 Å². The molecule has 0 aliphatic rings. The lowest BCUT2D eigenvalue weighted by atomic mass is 10.3. The highest BCUT2D eigenvalue weighted by molar-refractivity contribution is 8.77. The maximum Gasteiger partial charge on any atom is 0.0182 e. The lowest BCUT2D eigenvalue weighted by molar-refractivity contribution is 0.752. The average Bonchev–Trinajstić information content (AvgIpc) is 2.55. The summed E-state index contributed by atoms with van der Waals surface area (Å²) in [5, 5.41) is 0. The zero-order chi connectivity index (χ0) is 17.8. The van der Waals surface area contributed by atoms with E-state index in [4.69, 9.17) is 0 Å². The smallest absolute Gasteiger partial charge is 0.0182 e. The molecule has 0 fully saturated rings. The van der Waals surface area contributed by atoms with E-state index < -0.39 is 0 Å². The van der Waals surface area contributed by atoms with E-state index in [1.54, 1.807) is 0 Å². The minimum absolute atomic E-state index is 0.334. The van der Waals surface area contributed by atoms with Crippen LogP contribution in [0.15, 0.2) is 70.5 Å². The normalized spacial score (nSPS) is 11.1. The molecule has 4 heteroatoms.